The molecule has 0 saturated carbocycles. The molecule has 1 saturated heterocycles. The fraction of sp³-hybridized carbons (Fsp3) is 0.474. The molecule has 30 heavy (non-hydrogen) atoms. The van der Waals surface area contributed by atoms with E-state index >= 15 is 0 Å². The van der Waals surface area contributed by atoms with E-state index in [0.717, 1.165) is 0 Å². The highest BCUT2D eigenvalue weighted by molar-refractivity contribution is 7.13. The molecule has 2 aromatic rings. The summed E-state index contributed by atoms with van der Waals surface area (Å²) in [6.07, 6.45) is 1.28. The van der Waals surface area contributed by atoms with Crippen LogP contribution in [0, 0.1) is 0 Å². The zero-order valence-electron chi connectivity index (χ0n) is 17.0. The highest BCUT2D eigenvalue weighted by Gasteiger charge is 2.29. The quantitative estimate of drug-likeness (QED) is 0.592. The third kappa shape index (κ3) is 5.33. The smallest absolute Gasteiger partial charge is 0.410 e. The average Bonchev–Trinajstić information content (AvgIpc) is 3.12. The summed E-state index contributed by atoms with van der Waals surface area (Å²) in [6.45, 7) is 11.5. The molecule has 1 aliphatic heterocycles. The number of rotatable bonds is 5. The van der Waals surface area contributed by atoms with Gasteiger partial charge in [0.25, 0.3) is 0 Å². The largest absolute Gasteiger partial charge is 0.472 e. The number of piperazine rings is 1. The Balaban J connectivity index is 1.84. The molecule has 11 heteroatoms. The second-order valence-corrected chi connectivity index (χ2v) is 9.11. The predicted octanol–water partition coefficient (Wildman–Crippen LogP) is 4.53. The number of halogens is 2. The Morgan fingerprint density at radius 2 is 1.97 bits per heavy atom. The SMILES string of the molecule is C=CCOc1nc(-c2scnc2Cl)nc(N2CCN(C(=O)OC(C)(C)C)CC2)c1Cl. The lowest BCUT2D eigenvalue weighted by Gasteiger charge is -2.36. The van der Waals surface area contributed by atoms with Crippen LogP contribution in [0.15, 0.2) is 18.2 Å². The molecular weight excluding hydrogens is 449 g/mol. The second kappa shape index (κ2) is 9.36. The highest BCUT2D eigenvalue weighted by atomic mass is 35.5. The molecule has 1 fully saturated rings. The van der Waals surface area contributed by atoms with Gasteiger partial charge in [-0.25, -0.2) is 14.8 Å². The Kier molecular flexibility index (Phi) is 7.05. The number of hydrogen-bond donors (Lipinski definition) is 0. The van der Waals surface area contributed by atoms with Crippen LogP contribution in [0.1, 0.15) is 20.8 Å². The van der Waals surface area contributed by atoms with Gasteiger partial charge in [0, 0.05) is 26.2 Å². The van der Waals surface area contributed by atoms with Crippen molar-refractivity contribution in [2.45, 2.75) is 26.4 Å². The number of nitrogens with zero attached hydrogens (tertiary/aromatic N) is 5. The zero-order chi connectivity index (χ0) is 21.9. The van der Waals surface area contributed by atoms with E-state index in [0.29, 0.717) is 52.9 Å². The number of anilines is 1. The molecule has 0 N–H and O–H groups in total. The van der Waals surface area contributed by atoms with E-state index in [9.17, 15) is 4.79 Å². The van der Waals surface area contributed by atoms with Gasteiger partial charge >= 0.3 is 6.09 Å². The molecule has 1 amide bonds. The van der Waals surface area contributed by atoms with Crippen LogP contribution in [0.3, 0.4) is 0 Å². The Morgan fingerprint density at radius 1 is 1.27 bits per heavy atom. The summed E-state index contributed by atoms with van der Waals surface area (Å²) in [5, 5.41) is 0.615. The summed E-state index contributed by atoms with van der Waals surface area (Å²) in [4.78, 5) is 29.7. The molecular formula is C19H23Cl2N5O3S. The van der Waals surface area contributed by atoms with Gasteiger partial charge in [-0.2, -0.15) is 4.98 Å². The highest BCUT2D eigenvalue weighted by Crippen LogP contribution is 2.37. The van der Waals surface area contributed by atoms with Crippen LogP contribution in [0.2, 0.25) is 10.2 Å². The number of thiazole rings is 1. The van der Waals surface area contributed by atoms with Crippen LogP contribution in [0.5, 0.6) is 5.88 Å². The zero-order valence-corrected chi connectivity index (χ0v) is 19.4. The molecule has 162 valence electrons. The number of hydrogen-bond acceptors (Lipinski definition) is 8. The average molecular weight is 472 g/mol. The van der Waals surface area contributed by atoms with Crippen molar-refractivity contribution in [3.63, 3.8) is 0 Å². The first-order valence-electron chi connectivity index (χ1n) is 9.33. The normalized spacial score (nSPS) is 14.6. The van der Waals surface area contributed by atoms with Gasteiger partial charge in [0.2, 0.25) is 5.88 Å². The van der Waals surface area contributed by atoms with Gasteiger partial charge in [0.15, 0.2) is 16.8 Å². The van der Waals surface area contributed by atoms with Crippen molar-refractivity contribution in [1.29, 1.82) is 0 Å². The van der Waals surface area contributed by atoms with Crippen LogP contribution in [0.25, 0.3) is 10.7 Å². The van der Waals surface area contributed by atoms with E-state index in [1.54, 1.807) is 16.5 Å². The third-order valence-electron chi connectivity index (χ3n) is 4.10. The summed E-state index contributed by atoms with van der Waals surface area (Å²) in [5.74, 6) is 1.15. The molecule has 0 spiro atoms. The molecule has 3 rings (SSSR count). The molecule has 0 aromatic carbocycles. The first kappa shape index (κ1) is 22.6. The van der Waals surface area contributed by atoms with Gasteiger partial charge in [-0.05, 0) is 20.8 Å². The van der Waals surface area contributed by atoms with Crippen LogP contribution in [0.4, 0.5) is 10.6 Å². The third-order valence-corrected chi connectivity index (χ3v) is 5.65. The maximum absolute atomic E-state index is 12.3. The lowest BCUT2D eigenvalue weighted by atomic mass is 10.2. The minimum atomic E-state index is -0.537. The number of amides is 1. The van der Waals surface area contributed by atoms with Gasteiger partial charge in [0.05, 0.1) is 5.51 Å². The fourth-order valence-electron chi connectivity index (χ4n) is 2.76. The van der Waals surface area contributed by atoms with Gasteiger partial charge in [-0.15, -0.1) is 11.3 Å². The predicted molar refractivity (Wildman–Crippen MR) is 119 cm³/mol. The number of carbonyl (C=O) groups excluding carboxylic acids is 1. The van der Waals surface area contributed by atoms with Crippen molar-refractivity contribution in [2.75, 3.05) is 37.7 Å². The summed E-state index contributed by atoms with van der Waals surface area (Å²) in [6, 6.07) is 0. The maximum atomic E-state index is 12.3. The summed E-state index contributed by atoms with van der Waals surface area (Å²) in [7, 11) is 0. The van der Waals surface area contributed by atoms with Crippen molar-refractivity contribution in [3.8, 4) is 16.6 Å². The standard InChI is InChI=1S/C19H23Cl2N5O3S/c1-5-10-28-17-12(20)16(23-15(24-17)13-14(21)22-11-30-13)25-6-8-26(9-7-25)18(27)29-19(2,3)4/h5,11H,1,6-10H2,2-4H3. The lowest BCUT2D eigenvalue weighted by Crippen LogP contribution is -2.50. The van der Waals surface area contributed by atoms with Gasteiger partial charge in [-0.1, -0.05) is 35.9 Å². The molecule has 8 nitrogen and oxygen atoms in total. The minimum Gasteiger partial charge on any atom is -0.472 e. The summed E-state index contributed by atoms with van der Waals surface area (Å²) in [5.41, 5.74) is 1.09. The van der Waals surface area contributed by atoms with E-state index in [2.05, 4.69) is 21.5 Å². The molecule has 0 aliphatic carbocycles. The Bertz CT molecular complexity index is 923. The number of carbonyl (C=O) groups is 1. The number of aromatic nitrogens is 3. The maximum Gasteiger partial charge on any atom is 0.410 e. The summed E-state index contributed by atoms with van der Waals surface area (Å²) < 4.78 is 11.1. The van der Waals surface area contributed by atoms with Gasteiger partial charge < -0.3 is 19.3 Å². The van der Waals surface area contributed by atoms with Crippen molar-refractivity contribution in [1.82, 2.24) is 19.9 Å². The Labute approximate surface area is 189 Å². The molecule has 1 aliphatic rings. The van der Waals surface area contributed by atoms with Crippen molar-refractivity contribution in [3.05, 3.63) is 28.3 Å². The first-order valence-corrected chi connectivity index (χ1v) is 11.0. The van der Waals surface area contributed by atoms with E-state index in [1.807, 2.05) is 25.7 Å². The molecule has 2 aromatic heterocycles. The number of ether oxygens (including phenoxy) is 2. The van der Waals surface area contributed by atoms with Crippen molar-refractivity contribution >= 4 is 46.4 Å². The molecule has 0 bridgehead atoms. The van der Waals surface area contributed by atoms with Crippen LogP contribution >= 0.6 is 34.5 Å². The van der Waals surface area contributed by atoms with Crippen LogP contribution < -0.4 is 9.64 Å². The van der Waals surface area contributed by atoms with E-state index in [1.165, 1.54) is 11.3 Å². The van der Waals surface area contributed by atoms with Crippen molar-refractivity contribution < 1.29 is 14.3 Å². The van der Waals surface area contributed by atoms with Gasteiger partial charge in [-0.3, -0.25) is 0 Å². The monoisotopic (exact) mass is 471 g/mol. The molecule has 0 radical (unpaired) electrons. The minimum absolute atomic E-state index is 0.246. The second-order valence-electron chi connectivity index (χ2n) is 7.52. The fourth-order valence-corrected chi connectivity index (χ4v) is 3.96. The van der Waals surface area contributed by atoms with E-state index in [-0.39, 0.29) is 18.6 Å². The van der Waals surface area contributed by atoms with Gasteiger partial charge in [0.1, 0.15) is 22.1 Å². The molecule has 0 unspecified atom stereocenters. The molecule has 3 heterocycles. The van der Waals surface area contributed by atoms with E-state index in [4.69, 9.17) is 32.7 Å². The van der Waals surface area contributed by atoms with E-state index < -0.39 is 5.60 Å². The van der Waals surface area contributed by atoms with Crippen LogP contribution in [-0.2, 0) is 4.74 Å². The molecule has 0 atom stereocenters. The van der Waals surface area contributed by atoms with Crippen LogP contribution in [-0.4, -0.2) is 64.3 Å². The Morgan fingerprint density at radius 3 is 2.53 bits per heavy atom. The Hall–Kier alpha value is -2.10. The summed E-state index contributed by atoms with van der Waals surface area (Å²) >= 11 is 14.1. The van der Waals surface area contributed by atoms with Crippen molar-refractivity contribution in [2.24, 2.45) is 0 Å². The topological polar surface area (TPSA) is 80.7 Å². The first-order chi connectivity index (χ1) is 14.2. The lowest BCUT2D eigenvalue weighted by molar-refractivity contribution is 0.0240.